The molecule has 1 unspecified atom stereocenters. The van der Waals surface area contributed by atoms with Crippen molar-refractivity contribution in [2.45, 2.75) is 89.4 Å². The first-order valence-corrected chi connectivity index (χ1v) is 9.26. The molecule has 0 amide bonds. The van der Waals surface area contributed by atoms with Gasteiger partial charge >= 0.3 is 5.97 Å². The fourth-order valence-electron chi connectivity index (χ4n) is 2.82. The number of aliphatic hydroxyl groups is 2. The molecule has 1 heterocycles. The van der Waals surface area contributed by atoms with Gasteiger partial charge in [0, 0.05) is 6.61 Å². The normalized spacial score (nSPS) is 22.0. The van der Waals surface area contributed by atoms with Gasteiger partial charge in [0.1, 0.15) is 6.10 Å². The van der Waals surface area contributed by atoms with Crippen LogP contribution in [0.1, 0.15) is 71.1 Å². The van der Waals surface area contributed by atoms with E-state index in [-0.39, 0.29) is 0 Å². The van der Waals surface area contributed by atoms with E-state index in [1.165, 1.54) is 44.9 Å². The average Bonchev–Trinajstić information content (AvgIpc) is 2.86. The zero-order chi connectivity index (χ0) is 17.8. The summed E-state index contributed by atoms with van der Waals surface area (Å²) in [5.74, 6) is -1.38. The molecule has 1 fully saturated rings. The van der Waals surface area contributed by atoms with E-state index in [4.69, 9.17) is 14.6 Å². The Labute approximate surface area is 144 Å². The number of esters is 1. The molecule has 0 aromatic heterocycles. The van der Waals surface area contributed by atoms with Crippen LogP contribution in [0.5, 0.6) is 0 Å². The van der Waals surface area contributed by atoms with Crippen molar-refractivity contribution in [1.29, 1.82) is 0 Å². The topological polar surface area (TPSA) is 93.1 Å². The van der Waals surface area contributed by atoms with Gasteiger partial charge < -0.3 is 19.7 Å². The van der Waals surface area contributed by atoms with E-state index in [9.17, 15) is 14.7 Å². The van der Waals surface area contributed by atoms with Gasteiger partial charge in [-0.3, -0.25) is 4.79 Å². The first kappa shape index (κ1) is 21.1. The van der Waals surface area contributed by atoms with Gasteiger partial charge in [0.2, 0.25) is 11.9 Å². The van der Waals surface area contributed by atoms with Crippen molar-refractivity contribution in [3.8, 4) is 0 Å². The molecule has 0 saturated carbocycles. The quantitative estimate of drug-likeness (QED) is 0.285. The van der Waals surface area contributed by atoms with E-state index in [0.717, 1.165) is 19.3 Å². The number of carbonyl (C=O) groups is 2. The van der Waals surface area contributed by atoms with Crippen molar-refractivity contribution >= 4 is 11.8 Å². The number of ketones is 1. The molecule has 1 saturated heterocycles. The second kappa shape index (κ2) is 12.4. The van der Waals surface area contributed by atoms with Crippen molar-refractivity contribution in [3.63, 3.8) is 0 Å². The lowest BCUT2D eigenvalue weighted by molar-refractivity contribution is -0.153. The Morgan fingerprint density at radius 1 is 1.00 bits per heavy atom. The van der Waals surface area contributed by atoms with Crippen molar-refractivity contribution < 1.29 is 29.3 Å². The number of Topliss-reactive ketones (excluding diaryl/α,β-unsaturated/α-hetero) is 1. The van der Waals surface area contributed by atoms with Crippen molar-refractivity contribution in [1.82, 2.24) is 0 Å². The van der Waals surface area contributed by atoms with Gasteiger partial charge in [-0.15, -0.1) is 0 Å². The minimum atomic E-state index is -1.38. The van der Waals surface area contributed by atoms with E-state index >= 15 is 0 Å². The van der Waals surface area contributed by atoms with Gasteiger partial charge in [0.05, 0.1) is 6.61 Å². The molecule has 6 heteroatoms. The van der Waals surface area contributed by atoms with Crippen LogP contribution in [-0.4, -0.2) is 53.5 Å². The lowest BCUT2D eigenvalue weighted by atomic mass is 10.1. The van der Waals surface area contributed by atoms with Gasteiger partial charge in [-0.05, 0) is 6.42 Å². The summed E-state index contributed by atoms with van der Waals surface area (Å²) in [6.07, 6.45) is 8.02. The highest BCUT2D eigenvalue weighted by Gasteiger charge is 2.47. The Bertz CT molecular complexity index is 371. The highest BCUT2D eigenvalue weighted by molar-refractivity contribution is 6.09. The Kier molecular flexibility index (Phi) is 10.9. The number of hydrogen-bond acceptors (Lipinski definition) is 6. The van der Waals surface area contributed by atoms with Crippen LogP contribution >= 0.6 is 0 Å². The predicted octanol–water partition coefficient (Wildman–Crippen LogP) is 2.14. The maximum atomic E-state index is 11.9. The highest BCUT2D eigenvalue weighted by atomic mass is 16.6. The van der Waals surface area contributed by atoms with E-state index in [1.807, 2.05) is 0 Å². The fourth-order valence-corrected chi connectivity index (χ4v) is 2.82. The predicted molar refractivity (Wildman–Crippen MR) is 89.6 cm³/mol. The van der Waals surface area contributed by atoms with Crippen LogP contribution in [-0.2, 0) is 19.1 Å². The number of rotatable bonds is 14. The summed E-state index contributed by atoms with van der Waals surface area (Å²) < 4.78 is 10.1. The summed E-state index contributed by atoms with van der Waals surface area (Å²) in [4.78, 5) is 23.5. The molecule has 3 atom stereocenters. The lowest BCUT2D eigenvalue weighted by Crippen LogP contribution is -2.37. The summed E-state index contributed by atoms with van der Waals surface area (Å²) in [5, 5.41) is 18.2. The van der Waals surface area contributed by atoms with Crippen molar-refractivity contribution in [2.24, 2.45) is 0 Å². The maximum Gasteiger partial charge on any atom is 0.344 e. The van der Waals surface area contributed by atoms with Crippen LogP contribution in [0.2, 0.25) is 0 Å². The lowest BCUT2D eigenvalue weighted by Gasteiger charge is -2.12. The molecule has 0 bridgehead atoms. The fraction of sp³-hybridized carbons (Fsp3) is 0.889. The Morgan fingerprint density at radius 3 is 2.08 bits per heavy atom. The number of unbranched alkanes of at least 4 members (excludes halogenated alkanes) is 9. The molecule has 2 N–H and O–H groups in total. The highest BCUT2D eigenvalue weighted by Crippen LogP contribution is 2.18. The Hall–Kier alpha value is -0.980. The molecule has 0 spiro atoms. The molecule has 0 aromatic carbocycles. The number of aliphatic hydroxyl groups excluding tert-OH is 2. The molecule has 1 aliphatic heterocycles. The monoisotopic (exact) mass is 344 g/mol. The summed E-state index contributed by atoms with van der Waals surface area (Å²) in [7, 11) is 0. The minimum Gasteiger partial charge on any atom is -0.449 e. The first-order valence-electron chi connectivity index (χ1n) is 9.26. The molecule has 1 rings (SSSR count). The molecule has 140 valence electrons. The Morgan fingerprint density at radius 2 is 1.54 bits per heavy atom. The molecule has 0 aliphatic carbocycles. The summed E-state index contributed by atoms with van der Waals surface area (Å²) in [6, 6.07) is 0. The van der Waals surface area contributed by atoms with Gasteiger partial charge in [-0.1, -0.05) is 64.7 Å². The van der Waals surface area contributed by atoms with Crippen molar-refractivity contribution in [3.05, 3.63) is 0 Å². The second-order valence-electron chi connectivity index (χ2n) is 6.44. The van der Waals surface area contributed by atoms with Crippen LogP contribution in [0, 0.1) is 0 Å². The SMILES string of the molecule is CCCCCCCCCCCCOC1C(=O)O[C@H]([C@@H](O)CO)C1=O. The summed E-state index contributed by atoms with van der Waals surface area (Å²) in [6.45, 7) is 1.91. The van der Waals surface area contributed by atoms with Crippen LogP contribution in [0.15, 0.2) is 0 Å². The third-order valence-corrected chi connectivity index (χ3v) is 4.31. The number of carbonyl (C=O) groups excluding carboxylic acids is 2. The Balaban J connectivity index is 2.03. The molecule has 24 heavy (non-hydrogen) atoms. The minimum absolute atomic E-state index is 0.323. The zero-order valence-electron chi connectivity index (χ0n) is 14.7. The third kappa shape index (κ3) is 7.28. The average molecular weight is 344 g/mol. The molecular weight excluding hydrogens is 312 g/mol. The molecular formula is C18H32O6. The molecule has 6 nitrogen and oxygen atoms in total. The standard InChI is InChI=1S/C18H32O6/c1-2-3-4-5-6-7-8-9-10-11-12-23-17-15(21)16(14(20)13-19)24-18(17)22/h14,16-17,19-20H,2-13H2,1H3/t14-,16+,17?/m0/s1. The maximum absolute atomic E-state index is 11.9. The van der Waals surface area contributed by atoms with Crippen LogP contribution < -0.4 is 0 Å². The van der Waals surface area contributed by atoms with Gasteiger partial charge in [-0.2, -0.15) is 0 Å². The summed E-state index contributed by atoms with van der Waals surface area (Å²) in [5.41, 5.74) is 0. The van der Waals surface area contributed by atoms with Gasteiger partial charge in [-0.25, -0.2) is 4.79 Å². The molecule has 1 aliphatic rings. The van der Waals surface area contributed by atoms with Gasteiger partial charge in [0.15, 0.2) is 6.10 Å². The van der Waals surface area contributed by atoms with Crippen LogP contribution in [0.3, 0.4) is 0 Å². The largest absolute Gasteiger partial charge is 0.449 e. The van der Waals surface area contributed by atoms with Gasteiger partial charge in [0.25, 0.3) is 0 Å². The van der Waals surface area contributed by atoms with Crippen LogP contribution in [0.25, 0.3) is 0 Å². The molecule has 0 aromatic rings. The molecule has 0 radical (unpaired) electrons. The zero-order valence-corrected chi connectivity index (χ0v) is 14.7. The van der Waals surface area contributed by atoms with E-state index in [0.29, 0.717) is 6.61 Å². The van der Waals surface area contributed by atoms with E-state index in [1.54, 1.807) is 0 Å². The number of ether oxygens (including phenoxy) is 2. The van der Waals surface area contributed by atoms with Crippen LogP contribution in [0.4, 0.5) is 0 Å². The number of cyclic esters (lactones) is 1. The summed E-state index contributed by atoms with van der Waals surface area (Å²) >= 11 is 0. The smallest absolute Gasteiger partial charge is 0.344 e. The third-order valence-electron chi connectivity index (χ3n) is 4.31. The van der Waals surface area contributed by atoms with E-state index in [2.05, 4.69) is 6.92 Å². The van der Waals surface area contributed by atoms with Crippen molar-refractivity contribution in [2.75, 3.05) is 13.2 Å². The van der Waals surface area contributed by atoms with E-state index < -0.39 is 36.7 Å². The number of hydrogen-bond donors (Lipinski definition) is 2. The second-order valence-corrected chi connectivity index (χ2v) is 6.44. The first-order chi connectivity index (χ1) is 11.6.